The fourth-order valence-electron chi connectivity index (χ4n) is 1.55. The molecular formula is C7H16N2. The van der Waals surface area contributed by atoms with Gasteiger partial charge in [-0.15, -0.1) is 0 Å². The molecule has 2 N–H and O–H groups in total. The molecular weight excluding hydrogens is 112 g/mol. The second kappa shape index (κ2) is 3.18. The molecule has 0 bridgehead atoms. The predicted octanol–water partition coefficient (Wildman–Crippen LogP) is 0.899. The van der Waals surface area contributed by atoms with Gasteiger partial charge in [0.15, 0.2) is 0 Å². The van der Waals surface area contributed by atoms with Crippen LogP contribution in [-0.4, -0.2) is 13.1 Å². The van der Waals surface area contributed by atoms with E-state index in [0.29, 0.717) is 0 Å². The van der Waals surface area contributed by atoms with Gasteiger partial charge in [-0.1, -0.05) is 13.3 Å². The number of hydrogen-bond donors (Lipinski definition) is 2. The van der Waals surface area contributed by atoms with Gasteiger partial charge >= 0.3 is 0 Å². The molecule has 0 saturated heterocycles. The van der Waals surface area contributed by atoms with Crippen molar-refractivity contribution in [3.8, 4) is 0 Å². The SMILES string of the molecule is CNNC1CCCC1C. The second-order valence-corrected chi connectivity index (χ2v) is 2.91. The van der Waals surface area contributed by atoms with E-state index in [9.17, 15) is 0 Å². The number of nitrogens with one attached hydrogen (secondary N) is 2. The normalized spacial score (nSPS) is 35.3. The predicted molar refractivity (Wildman–Crippen MR) is 39.0 cm³/mol. The summed E-state index contributed by atoms with van der Waals surface area (Å²) in [6.07, 6.45) is 4.11. The third kappa shape index (κ3) is 1.66. The molecule has 2 atom stereocenters. The van der Waals surface area contributed by atoms with Gasteiger partial charge in [0.1, 0.15) is 0 Å². The zero-order valence-electron chi connectivity index (χ0n) is 6.28. The summed E-state index contributed by atoms with van der Waals surface area (Å²) >= 11 is 0. The lowest BCUT2D eigenvalue weighted by molar-refractivity contribution is 0.391. The minimum Gasteiger partial charge on any atom is -0.261 e. The smallest absolute Gasteiger partial charge is 0.0238 e. The summed E-state index contributed by atoms with van der Waals surface area (Å²) in [6, 6.07) is 0.718. The van der Waals surface area contributed by atoms with Crippen LogP contribution in [0.5, 0.6) is 0 Å². The first-order chi connectivity index (χ1) is 4.34. The minimum absolute atomic E-state index is 0.718. The third-order valence-corrected chi connectivity index (χ3v) is 2.19. The average molecular weight is 128 g/mol. The van der Waals surface area contributed by atoms with Crippen molar-refractivity contribution in [2.45, 2.75) is 32.2 Å². The summed E-state index contributed by atoms with van der Waals surface area (Å²) in [6.45, 7) is 2.31. The maximum absolute atomic E-state index is 3.24. The van der Waals surface area contributed by atoms with Crippen molar-refractivity contribution in [3.05, 3.63) is 0 Å². The van der Waals surface area contributed by atoms with Crippen molar-refractivity contribution in [1.82, 2.24) is 10.9 Å². The Kier molecular flexibility index (Phi) is 2.49. The van der Waals surface area contributed by atoms with E-state index in [-0.39, 0.29) is 0 Å². The van der Waals surface area contributed by atoms with Crippen molar-refractivity contribution in [3.63, 3.8) is 0 Å². The van der Waals surface area contributed by atoms with Crippen LogP contribution in [0.4, 0.5) is 0 Å². The minimum atomic E-state index is 0.718. The molecule has 1 aliphatic carbocycles. The molecule has 0 aliphatic heterocycles. The molecule has 2 nitrogen and oxygen atoms in total. The van der Waals surface area contributed by atoms with Crippen LogP contribution in [0.2, 0.25) is 0 Å². The molecule has 0 aromatic rings. The quantitative estimate of drug-likeness (QED) is 0.540. The van der Waals surface area contributed by atoms with Gasteiger partial charge in [-0.3, -0.25) is 10.9 Å². The van der Waals surface area contributed by atoms with Gasteiger partial charge in [-0.2, -0.15) is 0 Å². The maximum Gasteiger partial charge on any atom is 0.0238 e. The fourth-order valence-corrected chi connectivity index (χ4v) is 1.55. The maximum atomic E-state index is 3.24. The van der Waals surface area contributed by atoms with E-state index in [1.54, 1.807) is 0 Å². The summed E-state index contributed by atoms with van der Waals surface area (Å²) in [5.41, 5.74) is 6.23. The highest BCUT2D eigenvalue weighted by Gasteiger charge is 2.21. The molecule has 0 heterocycles. The summed E-state index contributed by atoms with van der Waals surface area (Å²) in [7, 11) is 1.94. The lowest BCUT2D eigenvalue weighted by atomic mass is 10.1. The largest absolute Gasteiger partial charge is 0.261 e. The first-order valence-electron chi connectivity index (χ1n) is 3.77. The molecule has 0 amide bonds. The number of rotatable bonds is 2. The Morgan fingerprint density at radius 2 is 2.11 bits per heavy atom. The topological polar surface area (TPSA) is 24.1 Å². The highest BCUT2D eigenvalue weighted by molar-refractivity contribution is 4.78. The van der Waals surface area contributed by atoms with Crippen molar-refractivity contribution in [1.29, 1.82) is 0 Å². The van der Waals surface area contributed by atoms with Crippen LogP contribution in [0, 0.1) is 5.92 Å². The Labute approximate surface area is 57.0 Å². The first kappa shape index (κ1) is 7.03. The Bertz CT molecular complexity index is 83.0. The van der Waals surface area contributed by atoms with E-state index in [2.05, 4.69) is 17.8 Å². The van der Waals surface area contributed by atoms with Crippen molar-refractivity contribution >= 4 is 0 Å². The highest BCUT2D eigenvalue weighted by atomic mass is 15.4. The van der Waals surface area contributed by atoms with Crippen LogP contribution >= 0.6 is 0 Å². The molecule has 0 spiro atoms. The Balaban J connectivity index is 2.22. The standard InChI is InChI=1S/C7H16N2/c1-6-4-3-5-7(6)9-8-2/h6-9H,3-5H2,1-2H3. The highest BCUT2D eigenvalue weighted by Crippen LogP contribution is 2.23. The monoisotopic (exact) mass is 128 g/mol. The molecule has 1 saturated carbocycles. The summed E-state index contributed by atoms with van der Waals surface area (Å²) < 4.78 is 0. The van der Waals surface area contributed by atoms with E-state index >= 15 is 0 Å². The number of hydrazine groups is 1. The van der Waals surface area contributed by atoms with Gasteiger partial charge < -0.3 is 0 Å². The van der Waals surface area contributed by atoms with Crippen LogP contribution in [0.3, 0.4) is 0 Å². The molecule has 1 rings (SSSR count). The summed E-state index contributed by atoms with van der Waals surface area (Å²) in [4.78, 5) is 0. The van der Waals surface area contributed by atoms with Gasteiger partial charge in [0.2, 0.25) is 0 Å². The van der Waals surface area contributed by atoms with Crippen LogP contribution in [0.1, 0.15) is 26.2 Å². The van der Waals surface area contributed by atoms with E-state index < -0.39 is 0 Å². The second-order valence-electron chi connectivity index (χ2n) is 2.91. The first-order valence-corrected chi connectivity index (χ1v) is 3.77. The van der Waals surface area contributed by atoms with Crippen molar-refractivity contribution in [2.24, 2.45) is 5.92 Å². The Hall–Kier alpha value is -0.0800. The van der Waals surface area contributed by atoms with E-state index in [1.807, 2.05) is 7.05 Å². The van der Waals surface area contributed by atoms with E-state index in [4.69, 9.17) is 0 Å². The molecule has 2 heteroatoms. The molecule has 54 valence electrons. The molecule has 2 unspecified atom stereocenters. The van der Waals surface area contributed by atoms with Crippen molar-refractivity contribution < 1.29 is 0 Å². The van der Waals surface area contributed by atoms with E-state index in [1.165, 1.54) is 19.3 Å². The zero-order chi connectivity index (χ0) is 6.69. The number of hydrogen-bond acceptors (Lipinski definition) is 2. The molecule has 0 radical (unpaired) electrons. The van der Waals surface area contributed by atoms with Crippen LogP contribution in [0.15, 0.2) is 0 Å². The lowest BCUT2D eigenvalue weighted by Gasteiger charge is -2.15. The van der Waals surface area contributed by atoms with Crippen LogP contribution in [0.25, 0.3) is 0 Å². The van der Waals surface area contributed by atoms with Crippen molar-refractivity contribution in [2.75, 3.05) is 7.05 Å². The molecule has 1 fully saturated rings. The molecule has 0 aromatic heterocycles. The lowest BCUT2D eigenvalue weighted by Crippen LogP contribution is -2.39. The van der Waals surface area contributed by atoms with Gasteiger partial charge in [-0.25, -0.2) is 0 Å². The van der Waals surface area contributed by atoms with Crippen LogP contribution in [-0.2, 0) is 0 Å². The van der Waals surface area contributed by atoms with Gasteiger partial charge in [0, 0.05) is 6.04 Å². The molecule has 9 heavy (non-hydrogen) atoms. The van der Waals surface area contributed by atoms with Gasteiger partial charge in [0.05, 0.1) is 0 Å². The van der Waals surface area contributed by atoms with Crippen LogP contribution < -0.4 is 10.9 Å². The summed E-state index contributed by atoms with van der Waals surface area (Å²) in [5.74, 6) is 0.859. The van der Waals surface area contributed by atoms with E-state index in [0.717, 1.165) is 12.0 Å². The summed E-state index contributed by atoms with van der Waals surface area (Å²) in [5, 5.41) is 0. The molecule has 0 aromatic carbocycles. The van der Waals surface area contributed by atoms with Gasteiger partial charge in [0.25, 0.3) is 0 Å². The average Bonchev–Trinajstić information content (AvgIpc) is 2.18. The van der Waals surface area contributed by atoms with Gasteiger partial charge in [-0.05, 0) is 25.8 Å². The Morgan fingerprint density at radius 1 is 1.33 bits per heavy atom. The molecule has 1 aliphatic rings. The fraction of sp³-hybridized carbons (Fsp3) is 1.00. The Morgan fingerprint density at radius 3 is 2.56 bits per heavy atom. The zero-order valence-corrected chi connectivity index (χ0v) is 6.28. The third-order valence-electron chi connectivity index (χ3n) is 2.19.